The molecular formula is C26H23Cl2N3O3. The van der Waals surface area contributed by atoms with Gasteiger partial charge in [0.1, 0.15) is 5.69 Å². The molecule has 6 nitrogen and oxygen atoms in total. The van der Waals surface area contributed by atoms with Gasteiger partial charge >= 0.3 is 0 Å². The molecule has 3 heterocycles. The third kappa shape index (κ3) is 5.24. The lowest BCUT2D eigenvalue weighted by atomic mass is 10.1. The van der Waals surface area contributed by atoms with E-state index >= 15 is 0 Å². The Bertz CT molecular complexity index is 1240. The van der Waals surface area contributed by atoms with Gasteiger partial charge in [0.2, 0.25) is 12.7 Å². The maximum atomic E-state index is 6.39. The second kappa shape index (κ2) is 10.3. The second-order valence-corrected chi connectivity index (χ2v) is 8.79. The number of halogens is 2. The van der Waals surface area contributed by atoms with Crippen molar-refractivity contribution in [3.63, 3.8) is 0 Å². The number of hydrogen-bond acceptors (Lipinski definition) is 6. The lowest BCUT2D eigenvalue weighted by Crippen LogP contribution is -2.26. The highest BCUT2D eigenvalue weighted by Crippen LogP contribution is 2.35. The number of allylic oxidation sites excluding steroid dienone is 4. The molecule has 0 N–H and O–H groups in total. The number of benzene rings is 2. The highest BCUT2D eigenvalue weighted by atomic mass is 35.5. The number of nitrogens with zero attached hydrogens (tertiary/aromatic N) is 3. The van der Waals surface area contributed by atoms with E-state index in [0.29, 0.717) is 28.2 Å². The Morgan fingerprint density at radius 1 is 0.912 bits per heavy atom. The van der Waals surface area contributed by atoms with E-state index < -0.39 is 0 Å². The topological polar surface area (TPSA) is 51.0 Å². The van der Waals surface area contributed by atoms with Crippen LogP contribution >= 0.6 is 23.2 Å². The van der Waals surface area contributed by atoms with Crippen molar-refractivity contribution < 1.29 is 14.0 Å². The third-order valence-electron chi connectivity index (χ3n) is 5.56. The van der Waals surface area contributed by atoms with Gasteiger partial charge in [0, 0.05) is 48.7 Å². The molecule has 0 fully saturated rings. The number of fused-ring (bicyclic) bond motifs is 1. The Kier molecular flexibility index (Phi) is 6.79. The smallest absolute Gasteiger partial charge is 0.231 e. The molecule has 5 rings (SSSR count). The van der Waals surface area contributed by atoms with Crippen LogP contribution in [0.1, 0.15) is 12.0 Å². The molecule has 2 aliphatic rings. The van der Waals surface area contributed by atoms with Crippen LogP contribution in [0, 0.1) is 0 Å². The summed E-state index contributed by atoms with van der Waals surface area (Å²) in [5, 5.41) is 5.39. The third-order valence-corrected chi connectivity index (χ3v) is 6.11. The van der Waals surface area contributed by atoms with Crippen molar-refractivity contribution in [3.8, 4) is 22.8 Å². The molecule has 0 saturated heterocycles. The highest BCUT2D eigenvalue weighted by molar-refractivity contribution is 6.36. The first kappa shape index (κ1) is 22.4. The molecule has 0 unspecified atom stereocenters. The first-order valence-corrected chi connectivity index (χ1v) is 11.7. The predicted molar refractivity (Wildman–Crippen MR) is 134 cm³/mol. The summed E-state index contributed by atoms with van der Waals surface area (Å²) in [6.45, 7) is 2.52. The number of hydrogen-bond donors (Lipinski definition) is 0. The van der Waals surface area contributed by atoms with Crippen molar-refractivity contribution in [2.24, 2.45) is 0 Å². The molecule has 8 heteroatoms. The van der Waals surface area contributed by atoms with E-state index in [9.17, 15) is 0 Å². The minimum atomic E-state index is 0.252. The van der Waals surface area contributed by atoms with Gasteiger partial charge in [-0.3, -0.25) is 0 Å². The molecule has 34 heavy (non-hydrogen) atoms. The first-order valence-electron chi connectivity index (χ1n) is 11.0. The molecule has 2 aromatic carbocycles. The lowest BCUT2D eigenvalue weighted by Gasteiger charge is -2.23. The van der Waals surface area contributed by atoms with Gasteiger partial charge in [-0.15, -0.1) is 0 Å². The minimum absolute atomic E-state index is 0.252. The van der Waals surface area contributed by atoms with Gasteiger partial charge in [0.25, 0.3) is 0 Å². The fourth-order valence-electron chi connectivity index (χ4n) is 3.86. The molecular weight excluding hydrogens is 473 g/mol. The average Bonchev–Trinajstić information content (AvgIpc) is 3.42. The molecule has 0 saturated carbocycles. The molecule has 0 aliphatic carbocycles. The summed E-state index contributed by atoms with van der Waals surface area (Å²) < 4.78 is 16.8. The number of aromatic nitrogens is 1. The van der Waals surface area contributed by atoms with E-state index in [4.69, 9.17) is 37.2 Å². The molecule has 2 aliphatic heterocycles. The van der Waals surface area contributed by atoms with Crippen LogP contribution in [0.25, 0.3) is 11.3 Å². The van der Waals surface area contributed by atoms with E-state index in [-0.39, 0.29) is 6.79 Å². The summed E-state index contributed by atoms with van der Waals surface area (Å²) in [6.07, 6.45) is 13.1. The molecule has 0 radical (unpaired) electrons. The van der Waals surface area contributed by atoms with Crippen molar-refractivity contribution in [1.29, 1.82) is 0 Å². The van der Waals surface area contributed by atoms with Crippen LogP contribution in [0.15, 0.2) is 83.7 Å². The van der Waals surface area contributed by atoms with Gasteiger partial charge in [-0.2, -0.15) is 0 Å². The predicted octanol–water partition coefficient (Wildman–Crippen LogP) is 6.67. The Hall–Kier alpha value is -3.35. The zero-order chi connectivity index (χ0) is 23.3. The Morgan fingerprint density at radius 3 is 2.56 bits per heavy atom. The minimum Gasteiger partial charge on any atom is -0.454 e. The van der Waals surface area contributed by atoms with E-state index in [1.807, 2.05) is 54.6 Å². The van der Waals surface area contributed by atoms with Crippen LogP contribution in [0.3, 0.4) is 0 Å². The van der Waals surface area contributed by atoms with Crippen molar-refractivity contribution in [3.05, 3.63) is 94.8 Å². The van der Waals surface area contributed by atoms with Crippen LogP contribution in [0.2, 0.25) is 10.0 Å². The summed E-state index contributed by atoms with van der Waals surface area (Å²) in [5.74, 6) is 2.20. The molecule has 0 bridgehead atoms. The molecule has 3 aromatic rings. The van der Waals surface area contributed by atoms with Crippen molar-refractivity contribution in [2.45, 2.75) is 13.0 Å². The second-order valence-electron chi connectivity index (χ2n) is 7.94. The summed E-state index contributed by atoms with van der Waals surface area (Å²) in [6, 6.07) is 13.2. The molecule has 0 spiro atoms. The van der Waals surface area contributed by atoms with Gasteiger partial charge < -0.3 is 23.8 Å². The number of anilines is 1. The van der Waals surface area contributed by atoms with Gasteiger partial charge in [0.15, 0.2) is 11.5 Å². The molecule has 0 amide bonds. The lowest BCUT2D eigenvalue weighted by molar-refractivity contribution is 0.174. The fraction of sp³-hybridized carbons (Fsp3) is 0.192. The van der Waals surface area contributed by atoms with Crippen molar-refractivity contribution in [1.82, 2.24) is 10.1 Å². The standard InChI is InChI=1S/C26H23Cl2N3O3/c27-20-7-8-21(22(28)15-20)23-16-26(34-29-23)31(13-5-12-30-10-3-1-2-4-11-30)17-19-6-9-24-25(14-19)33-18-32-24/h1-4,6-11,14-16H,5,12-13,17-18H2. The maximum Gasteiger partial charge on any atom is 0.231 e. The molecule has 1 aromatic heterocycles. The normalized spacial score (nSPS) is 14.0. The Morgan fingerprint density at radius 2 is 1.74 bits per heavy atom. The van der Waals surface area contributed by atoms with Crippen LogP contribution in [-0.2, 0) is 6.54 Å². The monoisotopic (exact) mass is 495 g/mol. The van der Waals surface area contributed by atoms with E-state index in [0.717, 1.165) is 42.1 Å². The van der Waals surface area contributed by atoms with Gasteiger partial charge in [0.05, 0.1) is 5.02 Å². The summed E-state index contributed by atoms with van der Waals surface area (Å²) >= 11 is 12.4. The van der Waals surface area contributed by atoms with E-state index in [1.54, 1.807) is 12.1 Å². The Balaban J connectivity index is 1.35. The quantitative estimate of drug-likeness (QED) is 0.347. The zero-order valence-electron chi connectivity index (χ0n) is 18.4. The SMILES string of the molecule is Clc1ccc(-c2cc(N(CCCN3C=CC=CC=C3)Cc3ccc4c(c3)OCO4)on2)c(Cl)c1. The number of rotatable bonds is 8. The average molecular weight is 496 g/mol. The van der Waals surface area contributed by atoms with E-state index in [2.05, 4.69) is 27.4 Å². The Labute approximate surface area is 208 Å². The first-order chi connectivity index (χ1) is 16.7. The zero-order valence-corrected chi connectivity index (χ0v) is 19.9. The highest BCUT2D eigenvalue weighted by Gasteiger charge is 2.19. The number of ether oxygens (including phenoxy) is 2. The summed E-state index contributed by atoms with van der Waals surface area (Å²) in [5.41, 5.74) is 2.53. The van der Waals surface area contributed by atoms with Crippen LogP contribution in [0.4, 0.5) is 5.88 Å². The van der Waals surface area contributed by atoms with Crippen molar-refractivity contribution >= 4 is 29.1 Å². The summed E-state index contributed by atoms with van der Waals surface area (Å²) in [7, 11) is 0. The van der Waals surface area contributed by atoms with Crippen LogP contribution in [-0.4, -0.2) is 29.9 Å². The largest absolute Gasteiger partial charge is 0.454 e. The van der Waals surface area contributed by atoms with Gasteiger partial charge in [-0.1, -0.05) is 46.6 Å². The van der Waals surface area contributed by atoms with E-state index in [1.165, 1.54) is 0 Å². The van der Waals surface area contributed by atoms with Crippen LogP contribution < -0.4 is 14.4 Å². The van der Waals surface area contributed by atoms with Gasteiger partial charge in [-0.05, 0) is 54.5 Å². The maximum absolute atomic E-state index is 6.39. The fourth-order valence-corrected chi connectivity index (χ4v) is 4.36. The molecule has 0 atom stereocenters. The summed E-state index contributed by atoms with van der Waals surface area (Å²) in [4.78, 5) is 4.33. The van der Waals surface area contributed by atoms with Crippen LogP contribution in [0.5, 0.6) is 11.5 Å². The molecule has 174 valence electrons. The van der Waals surface area contributed by atoms with Gasteiger partial charge in [-0.25, -0.2) is 0 Å². The van der Waals surface area contributed by atoms with Crippen molar-refractivity contribution in [2.75, 3.05) is 24.8 Å².